The van der Waals surface area contributed by atoms with Crippen LogP contribution < -0.4 is 0 Å². The summed E-state index contributed by atoms with van der Waals surface area (Å²) in [5, 5.41) is 0. The van der Waals surface area contributed by atoms with E-state index in [4.69, 9.17) is 0 Å². The highest BCUT2D eigenvalue weighted by molar-refractivity contribution is 5.92. The average Bonchev–Trinajstić information content (AvgIpc) is 2.30. The molecular formula is C11H13N3O. The van der Waals surface area contributed by atoms with Crippen molar-refractivity contribution in [1.29, 1.82) is 0 Å². The van der Waals surface area contributed by atoms with Gasteiger partial charge in [-0.1, -0.05) is 12.2 Å². The van der Waals surface area contributed by atoms with Crippen LogP contribution in [0.4, 0.5) is 0 Å². The Morgan fingerprint density at radius 3 is 2.67 bits per heavy atom. The van der Waals surface area contributed by atoms with Crippen LogP contribution >= 0.6 is 0 Å². The third-order valence-corrected chi connectivity index (χ3v) is 2.54. The molecule has 0 saturated carbocycles. The van der Waals surface area contributed by atoms with Crippen molar-refractivity contribution < 1.29 is 4.79 Å². The molecule has 0 radical (unpaired) electrons. The molecule has 0 aliphatic carbocycles. The summed E-state index contributed by atoms with van der Waals surface area (Å²) >= 11 is 0. The van der Waals surface area contributed by atoms with Gasteiger partial charge in [0.1, 0.15) is 5.69 Å². The van der Waals surface area contributed by atoms with E-state index >= 15 is 0 Å². The zero-order chi connectivity index (χ0) is 10.7. The molecule has 4 nitrogen and oxygen atoms in total. The lowest BCUT2D eigenvalue weighted by Gasteiger charge is -2.27. The van der Waals surface area contributed by atoms with Crippen LogP contribution in [0.15, 0.2) is 30.7 Å². The van der Waals surface area contributed by atoms with Crippen molar-refractivity contribution in [2.45, 2.75) is 12.8 Å². The highest BCUT2D eigenvalue weighted by Gasteiger charge is 2.20. The molecule has 0 N–H and O–H groups in total. The standard InChI is InChI=1S/C11H13N3O/c1-9-2-6-14(7-3-9)11(15)10-8-12-4-5-13-10/h4-5,8H,1-3,6-7H2. The van der Waals surface area contributed by atoms with Crippen molar-refractivity contribution in [2.75, 3.05) is 13.1 Å². The van der Waals surface area contributed by atoms with Crippen molar-refractivity contribution in [2.24, 2.45) is 0 Å². The maximum absolute atomic E-state index is 11.9. The molecule has 4 heteroatoms. The lowest BCUT2D eigenvalue weighted by atomic mass is 10.1. The molecule has 1 aliphatic rings. The topological polar surface area (TPSA) is 46.1 Å². The van der Waals surface area contributed by atoms with Gasteiger partial charge in [0, 0.05) is 25.5 Å². The summed E-state index contributed by atoms with van der Waals surface area (Å²) in [4.78, 5) is 21.6. The minimum atomic E-state index is -0.0319. The number of nitrogens with zero attached hydrogens (tertiary/aromatic N) is 3. The average molecular weight is 203 g/mol. The molecule has 1 fully saturated rings. The van der Waals surface area contributed by atoms with Gasteiger partial charge in [-0.3, -0.25) is 9.78 Å². The van der Waals surface area contributed by atoms with E-state index in [2.05, 4.69) is 16.5 Å². The number of likely N-dealkylation sites (tertiary alicyclic amines) is 1. The second-order valence-corrected chi connectivity index (χ2v) is 3.63. The van der Waals surface area contributed by atoms with Crippen LogP contribution in [0.1, 0.15) is 23.3 Å². The van der Waals surface area contributed by atoms with E-state index in [1.165, 1.54) is 18.0 Å². The number of carbonyl (C=O) groups excluding carboxylic acids is 1. The molecule has 0 bridgehead atoms. The second kappa shape index (κ2) is 4.21. The fourth-order valence-corrected chi connectivity index (χ4v) is 1.60. The molecule has 2 rings (SSSR count). The van der Waals surface area contributed by atoms with E-state index in [-0.39, 0.29) is 5.91 Å². The summed E-state index contributed by atoms with van der Waals surface area (Å²) in [6, 6.07) is 0. The molecule has 0 aromatic carbocycles. The molecule has 1 aromatic heterocycles. The van der Waals surface area contributed by atoms with E-state index in [1.54, 1.807) is 11.1 Å². The molecule has 0 unspecified atom stereocenters. The molecule has 1 saturated heterocycles. The van der Waals surface area contributed by atoms with Crippen LogP contribution in [0.3, 0.4) is 0 Å². The van der Waals surface area contributed by atoms with E-state index < -0.39 is 0 Å². The quantitative estimate of drug-likeness (QED) is 0.646. The Labute approximate surface area is 88.7 Å². The second-order valence-electron chi connectivity index (χ2n) is 3.63. The van der Waals surface area contributed by atoms with Gasteiger partial charge in [0.15, 0.2) is 0 Å². The molecular weight excluding hydrogens is 190 g/mol. The third-order valence-electron chi connectivity index (χ3n) is 2.54. The van der Waals surface area contributed by atoms with E-state index in [0.29, 0.717) is 5.69 Å². The summed E-state index contributed by atoms with van der Waals surface area (Å²) in [5.74, 6) is -0.0319. The zero-order valence-corrected chi connectivity index (χ0v) is 8.52. The Bertz CT molecular complexity index is 365. The van der Waals surface area contributed by atoms with Gasteiger partial charge in [0.25, 0.3) is 5.91 Å². The lowest BCUT2D eigenvalue weighted by molar-refractivity contribution is 0.0737. The summed E-state index contributed by atoms with van der Waals surface area (Å²) in [6.45, 7) is 5.40. The van der Waals surface area contributed by atoms with Crippen molar-refractivity contribution >= 4 is 5.91 Å². The zero-order valence-electron chi connectivity index (χ0n) is 8.52. The van der Waals surface area contributed by atoms with Crippen LogP contribution in [0.2, 0.25) is 0 Å². The fraction of sp³-hybridized carbons (Fsp3) is 0.364. The first-order valence-corrected chi connectivity index (χ1v) is 4.99. The van der Waals surface area contributed by atoms with Gasteiger partial charge in [-0.25, -0.2) is 4.98 Å². The number of aromatic nitrogens is 2. The third kappa shape index (κ3) is 2.21. The van der Waals surface area contributed by atoms with E-state index in [9.17, 15) is 4.79 Å². The molecule has 0 spiro atoms. The molecule has 15 heavy (non-hydrogen) atoms. The van der Waals surface area contributed by atoms with E-state index in [0.717, 1.165) is 25.9 Å². The van der Waals surface area contributed by atoms with Crippen LogP contribution in [-0.2, 0) is 0 Å². The van der Waals surface area contributed by atoms with Gasteiger partial charge in [0.2, 0.25) is 0 Å². The van der Waals surface area contributed by atoms with Crippen molar-refractivity contribution in [1.82, 2.24) is 14.9 Å². The van der Waals surface area contributed by atoms with Gasteiger partial charge < -0.3 is 4.90 Å². The lowest BCUT2D eigenvalue weighted by Crippen LogP contribution is -2.36. The Morgan fingerprint density at radius 1 is 1.33 bits per heavy atom. The number of rotatable bonds is 1. The summed E-state index contributed by atoms with van der Waals surface area (Å²) in [5.41, 5.74) is 1.64. The molecule has 1 aliphatic heterocycles. The maximum Gasteiger partial charge on any atom is 0.274 e. The van der Waals surface area contributed by atoms with Crippen LogP contribution in [-0.4, -0.2) is 33.9 Å². The molecule has 78 valence electrons. The van der Waals surface area contributed by atoms with Crippen LogP contribution in [0.25, 0.3) is 0 Å². The first-order chi connectivity index (χ1) is 7.27. The maximum atomic E-state index is 11.9. The molecule has 1 amide bonds. The SMILES string of the molecule is C=C1CCN(C(=O)c2cnccn2)CC1. The highest BCUT2D eigenvalue weighted by atomic mass is 16.2. The fourth-order valence-electron chi connectivity index (χ4n) is 1.60. The van der Waals surface area contributed by atoms with Gasteiger partial charge in [-0.2, -0.15) is 0 Å². The van der Waals surface area contributed by atoms with Gasteiger partial charge in [-0.15, -0.1) is 0 Å². The number of amides is 1. The summed E-state index contributed by atoms with van der Waals surface area (Å²) in [6.07, 6.45) is 6.40. The van der Waals surface area contributed by atoms with Gasteiger partial charge in [0.05, 0.1) is 6.20 Å². The van der Waals surface area contributed by atoms with Crippen LogP contribution in [0, 0.1) is 0 Å². The predicted molar refractivity (Wildman–Crippen MR) is 56.3 cm³/mol. The summed E-state index contributed by atoms with van der Waals surface area (Å²) in [7, 11) is 0. The first kappa shape index (κ1) is 9.83. The summed E-state index contributed by atoms with van der Waals surface area (Å²) < 4.78 is 0. The van der Waals surface area contributed by atoms with Gasteiger partial charge in [-0.05, 0) is 12.8 Å². The Morgan fingerprint density at radius 2 is 2.07 bits per heavy atom. The number of hydrogen-bond donors (Lipinski definition) is 0. The molecule has 1 aromatic rings. The smallest absolute Gasteiger partial charge is 0.274 e. The van der Waals surface area contributed by atoms with Crippen molar-refractivity contribution in [3.63, 3.8) is 0 Å². The highest BCUT2D eigenvalue weighted by Crippen LogP contribution is 2.15. The minimum absolute atomic E-state index is 0.0319. The monoisotopic (exact) mass is 203 g/mol. The normalized spacial score (nSPS) is 16.5. The van der Waals surface area contributed by atoms with Crippen molar-refractivity contribution in [3.05, 3.63) is 36.4 Å². The number of hydrogen-bond acceptors (Lipinski definition) is 3. The number of carbonyl (C=O) groups is 1. The van der Waals surface area contributed by atoms with Crippen LogP contribution in [0.5, 0.6) is 0 Å². The Balaban J connectivity index is 2.06. The Kier molecular flexibility index (Phi) is 2.76. The van der Waals surface area contributed by atoms with E-state index in [1.807, 2.05) is 0 Å². The first-order valence-electron chi connectivity index (χ1n) is 4.99. The minimum Gasteiger partial charge on any atom is -0.337 e. The van der Waals surface area contributed by atoms with Gasteiger partial charge >= 0.3 is 0 Å². The Hall–Kier alpha value is -1.71. The largest absolute Gasteiger partial charge is 0.337 e. The molecule has 2 heterocycles. The number of piperidine rings is 1. The predicted octanol–water partition coefficient (Wildman–Crippen LogP) is 1.27. The molecule has 0 atom stereocenters. The van der Waals surface area contributed by atoms with Crippen molar-refractivity contribution in [3.8, 4) is 0 Å².